The van der Waals surface area contributed by atoms with Gasteiger partial charge >= 0.3 is 0 Å². The lowest BCUT2D eigenvalue weighted by Crippen LogP contribution is -2.57. The molecule has 0 aromatic rings. The van der Waals surface area contributed by atoms with E-state index in [2.05, 4.69) is 19.2 Å². The molecule has 2 unspecified atom stereocenters. The first-order chi connectivity index (χ1) is 6.79. The van der Waals surface area contributed by atoms with Crippen LogP contribution in [0.5, 0.6) is 0 Å². The van der Waals surface area contributed by atoms with Gasteiger partial charge in [0, 0.05) is 12.6 Å². The van der Waals surface area contributed by atoms with Crippen molar-refractivity contribution in [3.8, 4) is 0 Å². The Hall–Kier alpha value is -0.120. The number of ether oxygens (including phenoxy) is 1. The van der Waals surface area contributed by atoms with Gasteiger partial charge in [0.05, 0.1) is 12.2 Å². The van der Waals surface area contributed by atoms with Crippen LogP contribution in [0.1, 0.15) is 39.5 Å². The molecule has 0 aromatic heterocycles. The van der Waals surface area contributed by atoms with Gasteiger partial charge in [-0.2, -0.15) is 0 Å². The second-order valence-electron chi connectivity index (χ2n) is 4.07. The molecule has 1 saturated heterocycles. The largest absolute Gasteiger partial charge is 0.372 e. The van der Waals surface area contributed by atoms with Gasteiger partial charge in [-0.25, -0.2) is 0 Å². The molecule has 1 heterocycles. The predicted octanol–water partition coefficient (Wildman–Crippen LogP) is 1.27. The molecule has 84 valence electrons. The third-order valence-electron chi connectivity index (χ3n) is 3.33. The summed E-state index contributed by atoms with van der Waals surface area (Å²) < 4.78 is 6.00. The van der Waals surface area contributed by atoms with E-state index in [1.54, 1.807) is 0 Å². The van der Waals surface area contributed by atoms with Crippen LogP contribution in [0.25, 0.3) is 0 Å². The Labute approximate surface area is 87.4 Å². The molecule has 1 aliphatic heterocycles. The van der Waals surface area contributed by atoms with Crippen molar-refractivity contribution in [2.75, 3.05) is 19.7 Å². The Balaban J connectivity index is 2.60. The summed E-state index contributed by atoms with van der Waals surface area (Å²) >= 11 is 0. The van der Waals surface area contributed by atoms with Gasteiger partial charge in [-0.15, -0.1) is 0 Å². The molecule has 3 nitrogen and oxygen atoms in total. The van der Waals surface area contributed by atoms with Crippen molar-refractivity contribution in [3.05, 3.63) is 0 Å². The number of morpholine rings is 1. The molecule has 14 heavy (non-hydrogen) atoms. The molecular formula is C11H24N2O. The van der Waals surface area contributed by atoms with Crippen LogP contribution in [0.2, 0.25) is 0 Å². The van der Waals surface area contributed by atoms with Crippen LogP contribution < -0.4 is 11.1 Å². The van der Waals surface area contributed by atoms with Crippen LogP contribution in [0.3, 0.4) is 0 Å². The Morgan fingerprint density at radius 3 is 2.86 bits per heavy atom. The molecule has 0 radical (unpaired) electrons. The maximum atomic E-state index is 6.00. The Bertz CT molecular complexity index is 163. The van der Waals surface area contributed by atoms with Gasteiger partial charge in [-0.3, -0.25) is 0 Å². The molecule has 2 atom stereocenters. The molecule has 3 N–H and O–H groups in total. The minimum Gasteiger partial charge on any atom is -0.372 e. The zero-order valence-corrected chi connectivity index (χ0v) is 9.51. The highest BCUT2D eigenvalue weighted by Crippen LogP contribution is 2.30. The smallest absolute Gasteiger partial charge is 0.0833 e. The van der Waals surface area contributed by atoms with E-state index in [1.165, 1.54) is 0 Å². The summed E-state index contributed by atoms with van der Waals surface area (Å²) in [6.07, 6.45) is 4.37. The third kappa shape index (κ3) is 2.47. The van der Waals surface area contributed by atoms with Crippen LogP contribution in [0.4, 0.5) is 0 Å². The van der Waals surface area contributed by atoms with E-state index in [0.717, 1.165) is 45.4 Å². The lowest BCUT2D eigenvalue weighted by molar-refractivity contribution is -0.106. The van der Waals surface area contributed by atoms with Crippen molar-refractivity contribution in [1.29, 1.82) is 0 Å². The molecule has 0 aromatic carbocycles. The lowest BCUT2D eigenvalue weighted by Gasteiger charge is -2.44. The molecular weight excluding hydrogens is 176 g/mol. The second kappa shape index (κ2) is 5.69. The minimum atomic E-state index is 0.0480. The minimum absolute atomic E-state index is 0.0480. The molecule has 1 fully saturated rings. The molecule has 0 spiro atoms. The SMILES string of the molecule is CCC1NCCOC1(CC)CCCN. The fourth-order valence-corrected chi connectivity index (χ4v) is 2.46. The summed E-state index contributed by atoms with van der Waals surface area (Å²) in [6.45, 7) is 7.03. The third-order valence-corrected chi connectivity index (χ3v) is 3.33. The average Bonchev–Trinajstić information content (AvgIpc) is 2.26. The molecule has 3 heteroatoms. The number of nitrogens with two attached hydrogens (primary N) is 1. The zero-order chi connectivity index (χ0) is 10.4. The van der Waals surface area contributed by atoms with Gasteiger partial charge in [0.15, 0.2) is 0 Å². The van der Waals surface area contributed by atoms with E-state index in [0.29, 0.717) is 6.04 Å². The predicted molar refractivity (Wildman–Crippen MR) is 59.3 cm³/mol. The average molecular weight is 200 g/mol. The van der Waals surface area contributed by atoms with E-state index in [4.69, 9.17) is 10.5 Å². The quantitative estimate of drug-likeness (QED) is 0.702. The molecule has 1 aliphatic rings. The Morgan fingerprint density at radius 1 is 1.50 bits per heavy atom. The van der Waals surface area contributed by atoms with Crippen molar-refractivity contribution >= 4 is 0 Å². The standard InChI is InChI=1S/C11H24N2O/c1-3-10-11(4-2,6-5-7-12)14-9-8-13-10/h10,13H,3-9,12H2,1-2H3. The Morgan fingerprint density at radius 2 is 2.29 bits per heavy atom. The first kappa shape index (κ1) is 12.0. The van der Waals surface area contributed by atoms with Crippen LogP contribution in [-0.4, -0.2) is 31.3 Å². The number of nitrogens with one attached hydrogen (secondary N) is 1. The van der Waals surface area contributed by atoms with Crippen molar-refractivity contribution in [3.63, 3.8) is 0 Å². The first-order valence-electron chi connectivity index (χ1n) is 5.86. The number of hydrogen-bond donors (Lipinski definition) is 2. The maximum absolute atomic E-state index is 6.00. The van der Waals surface area contributed by atoms with E-state index in [-0.39, 0.29) is 5.60 Å². The molecule has 0 bridgehead atoms. The fourth-order valence-electron chi connectivity index (χ4n) is 2.46. The summed E-state index contributed by atoms with van der Waals surface area (Å²) in [5.41, 5.74) is 5.62. The van der Waals surface area contributed by atoms with Gasteiger partial charge in [-0.05, 0) is 32.2 Å². The van der Waals surface area contributed by atoms with E-state index < -0.39 is 0 Å². The number of rotatable bonds is 5. The van der Waals surface area contributed by atoms with Crippen LogP contribution in [-0.2, 0) is 4.74 Å². The fraction of sp³-hybridized carbons (Fsp3) is 1.00. The highest BCUT2D eigenvalue weighted by atomic mass is 16.5. The van der Waals surface area contributed by atoms with E-state index in [9.17, 15) is 0 Å². The molecule has 1 rings (SSSR count). The van der Waals surface area contributed by atoms with Crippen molar-refractivity contribution in [2.45, 2.75) is 51.2 Å². The number of hydrogen-bond acceptors (Lipinski definition) is 3. The van der Waals surface area contributed by atoms with Crippen molar-refractivity contribution < 1.29 is 4.74 Å². The second-order valence-corrected chi connectivity index (χ2v) is 4.07. The van der Waals surface area contributed by atoms with Gasteiger partial charge < -0.3 is 15.8 Å². The van der Waals surface area contributed by atoms with Crippen molar-refractivity contribution in [1.82, 2.24) is 5.32 Å². The van der Waals surface area contributed by atoms with Crippen LogP contribution in [0, 0.1) is 0 Å². The van der Waals surface area contributed by atoms with E-state index in [1.807, 2.05) is 0 Å². The van der Waals surface area contributed by atoms with Crippen LogP contribution in [0.15, 0.2) is 0 Å². The maximum Gasteiger partial charge on any atom is 0.0833 e. The molecule has 0 aliphatic carbocycles. The summed E-state index contributed by atoms with van der Waals surface area (Å²) in [5.74, 6) is 0. The highest BCUT2D eigenvalue weighted by molar-refractivity contribution is 4.94. The molecule has 0 saturated carbocycles. The van der Waals surface area contributed by atoms with Gasteiger partial charge in [0.25, 0.3) is 0 Å². The topological polar surface area (TPSA) is 47.3 Å². The summed E-state index contributed by atoms with van der Waals surface area (Å²) in [7, 11) is 0. The zero-order valence-electron chi connectivity index (χ0n) is 9.51. The van der Waals surface area contributed by atoms with Gasteiger partial charge in [-0.1, -0.05) is 13.8 Å². The summed E-state index contributed by atoms with van der Waals surface area (Å²) in [6, 6.07) is 0.507. The monoisotopic (exact) mass is 200 g/mol. The van der Waals surface area contributed by atoms with Gasteiger partial charge in [0.1, 0.15) is 0 Å². The summed E-state index contributed by atoms with van der Waals surface area (Å²) in [5, 5.41) is 3.55. The van der Waals surface area contributed by atoms with Crippen molar-refractivity contribution in [2.24, 2.45) is 5.73 Å². The summed E-state index contributed by atoms with van der Waals surface area (Å²) in [4.78, 5) is 0. The van der Waals surface area contributed by atoms with Gasteiger partial charge in [0.2, 0.25) is 0 Å². The molecule has 0 amide bonds. The lowest BCUT2D eigenvalue weighted by atomic mass is 9.84. The Kier molecular flexibility index (Phi) is 4.85. The highest BCUT2D eigenvalue weighted by Gasteiger charge is 2.38. The first-order valence-corrected chi connectivity index (χ1v) is 5.86. The normalized spacial score (nSPS) is 33.2. The van der Waals surface area contributed by atoms with Crippen LogP contribution >= 0.6 is 0 Å². The van der Waals surface area contributed by atoms with E-state index >= 15 is 0 Å².